The number of carbonyl (C=O) groups is 1. The molecule has 7 heteroatoms. The van der Waals surface area contributed by atoms with Gasteiger partial charge in [0.1, 0.15) is 5.75 Å². The number of ether oxygens (including phenoxy) is 1. The molecule has 0 saturated carbocycles. The maximum Gasteiger partial charge on any atom is 0.418 e. The van der Waals surface area contributed by atoms with Crippen molar-refractivity contribution in [2.24, 2.45) is 0 Å². The Kier molecular flexibility index (Phi) is 6.20. The highest BCUT2D eigenvalue weighted by atomic mass is 19.4. The van der Waals surface area contributed by atoms with Crippen LogP contribution in [0.1, 0.15) is 32.9 Å². The summed E-state index contributed by atoms with van der Waals surface area (Å²) in [5.74, 6) is 0.424. The zero-order valence-corrected chi connectivity index (χ0v) is 17.0. The first kappa shape index (κ1) is 21.5. The van der Waals surface area contributed by atoms with E-state index in [4.69, 9.17) is 4.74 Å². The Morgan fingerprint density at radius 3 is 2.50 bits per heavy atom. The third-order valence-electron chi connectivity index (χ3n) is 4.96. The van der Waals surface area contributed by atoms with Gasteiger partial charge in [0, 0.05) is 17.9 Å². The molecular formula is C23H23F3N2O2. The van der Waals surface area contributed by atoms with Crippen LogP contribution in [0.3, 0.4) is 0 Å². The summed E-state index contributed by atoms with van der Waals surface area (Å²) in [5.41, 5.74) is 1.66. The van der Waals surface area contributed by atoms with Crippen LogP contribution in [0.15, 0.2) is 54.6 Å². The molecule has 0 fully saturated rings. The van der Waals surface area contributed by atoms with Crippen molar-refractivity contribution in [3.05, 3.63) is 82.7 Å². The molecular weight excluding hydrogens is 393 g/mol. The number of aryl methyl sites for hydroxylation is 1. The number of nitrogens with one attached hydrogen (secondary N) is 1. The molecule has 0 spiro atoms. The fourth-order valence-corrected chi connectivity index (χ4v) is 3.52. The van der Waals surface area contributed by atoms with Crippen molar-refractivity contribution in [1.29, 1.82) is 0 Å². The Morgan fingerprint density at radius 1 is 1.07 bits per heavy atom. The SMILES string of the molecule is COc1cccc(CCNC(=O)c2cc(C)n(-c3ccccc3C(F)(F)F)c2C)c1. The second kappa shape index (κ2) is 8.65. The summed E-state index contributed by atoms with van der Waals surface area (Å²) in [7, 11) is 1.59. The third kappa shape index (κ3) is 4.50. The van der Waals surface area contributed by atoms with Gasteiger partial charge in [-0.05, 0) is 56.2 Å². The summed E-state index contributed by atoms with van der Waals surface area (Å²) in [5, 5.41) is 2.85. The molecule has 1 aromatic heterocycles. The number of benzene rings is 2. The van der Waals surface area contributed by atoms with Crippen LogP contribution in [0.2, 0.25) is 0 Å². The van der Waals surface area contributed by atoms with Crippen LogP contribution in [0.4, 0.5) is 13.2 Å². The monoisotopic (exact) mass is 416 g/mol. The number of hydrogen-bond acceptors (Lipinski definition) is 2. The first-order valence-corrected chi connectivity index (χ1v) is 9.49. The van der Waals surface area contributed by atoms with Gasteiger partial charge in [0.2, 0.25) is 0 Å². The molecule has 1 amide bonds. The van der Waals surface area contributed by atoms with Crippen molar-refractivity contribution in [2.45, 2.75) is 26.4 Å². The molecule has 2 aromatic carbocycles. The molecule has 0 aliphatic heterocycles. The lowest BCUT2D eigenvalue weighted by Crippen LogP contribution is -2.26. The average molecular weight is 416 g/mol. The van der Waals surface area contributed by atoms with Crippen molar-refractivity contribution < 1.29 is 22.7 Å². The molecule has 3 aromatic rings. The zero-order valence-electron chi connectivity index (χ0n) is 17.0. The smallest absolute Gasteiger partial charge is 0.418 e. The number of halogens is 3. The molecule has 158 valence electrons. The summed E-state index contributed by atoms with van der Waals surface area (Å²) in [6, 6.07) is 14.5. The van der Waals surface area contributed by atoms with Gasteiger partial charge >= 0.3 is 6.18 Å². The van der Waals surface area contributed by atoms with Crippen LogP contribution in [0.25, 0.3) is 5.69 Å². The normalized spacial score (nSPS) is 11.4. The molecule has 0 atom stereocenters. The van der Waals surface area contributed by atoms with E-state index in [0.717, 1.165) is 17.4 Å². The lowest BCUT2D eigenvalue weighted by molar-refractivity contribution is -0.137. The van der Waals surface area contributed by atoms with Gasteiger partial charge in [-0.3, -0.25) is 4.79 Å². The Labute approximate surface area is 173 Å². The zero-order chi connectivity index (χ0) is 21.9. The summed E-state index contributed by atoms with van der Waals surface area (Å²) >= 11 is 0. The Morgan fingerprint density at radius 2 is 1.80 bits per heavy atom. The molecule has 0 unspecified atom stereocenters. The number of para-hydroxylation sites is 1. The fourth-order valence-electron chi connectivity index (χ4n) is 3.52. The topological polar surface area (TPSA) is 43.3 Å². The quantitative estimate of drug-likeness (QED) is 0.608. The fraction of sp³-hybridized carbons (Fsp3) is 0.261. The largest absolute Gasteiger partial charge is 0.497 e. The van der Waals surface area contributed by atoms with Crippen LogP contribution in [-0.2, 0) is 12.6 Å². The summed E-state index contributed by atoms with van der Waals surface area (Å²) in [4.78, 5) is 12.7. The number of nitrogens with zero attached hydrogens (tertiary/aromatic N) is 1. The number of alkyl halides is 3. The van der Waals surface area contributed by atoms with Crippen LogP contribution >= 0.6 is 0 Å². The van der Waals surface area contributed by atoms with E-state index in [1.807, 2.05) is 24.3 Å². The number of carbonyl (C=O) groups excluding carboxylic acids is 1. The van der Waals surface area contributed by atoms with Crippen molar-refractivity contribution >= 4 is 5.91 Å². The maximum absolute atomic E-state index is 13.4. The minimum Gasteiger partial charge on any atom is -0.497 e. The molecule has 3 rings (SSSR count). The molecule has 0 aliphatic carbocycles. The van der Waals surface area contributed by atoms with E-state index in [9.17, 15) is 18.0 Å². The van der Waals surface area contributed by atoms with Crippen LogP contribution in [0.5, 0.6) is 5.75 Å². The van der Waals surface area contributed by atoms with Gasteiger partial charge in [0.05, 0.1) is 23.9 Å². The number of aromatic nitrogens is 1. The van der Waals surface area contributed by atoms with Gasteiger partial charge in [-0.25, -0.2) is 0 Å². The number of methoxy groups -OCH3 is 1. The highest BCUT2D eigenvalue weighted by Crippen LogP contribution is 2.35. The number of amides is 1. The first-order chi connectivity index (χ1) is 14.2. The predicted octanol–water partition coefficient (Wildman–Crippen LogP) is 5.09. The second-order valence-corrected chi connectivity index (χ2v) is 6.99. The van der Waals surface area contributed by atoms with Gasteiger partial charge in [-0.15, -0.1) is 0 Å². The van der Waals surface area contributed by atoms with E-state index in [0.29, 0.717) is 29.9 Å². The van der Waals surface area contributed by atoms with E-state index in [1.54, 1.807) is 33.1 Å². The average Bonchev–Trinajstić information content (AvgIpc) is 3.01. The minimum atomic E-state index is -4.49. The second-order valence-electron chi connectivity index (χ2n) is 6.99. The van der Waals surface area contributed by atoms with Gasteiger partial charge in [-0.2, -0.15) is 13.2 Å². The molecule has 0 bridgehead atoms. The summed E-state index contributed by atoms with van der Waals surface area (Å²) in [6.45, 7) is 3.74. The predicted molar refractivity (Wildman–Crippen MR) is 109 cm³/mol. The standard InChI is InChI=1S/C23H23F3N2O2/c1-15-13-19(22(29)27-12-11-17-7-6-8-18(14-17)30-3)16(2)28(15)21-10-5-4-9-20(21)23(24,25)26/h4-10,13-14H,11-12H2,1-3H3,(H,27,29). The molecule has 1 N–H and O–H groups in total. The van der Waals surface area contributed by atoms with Gasteiger partial charge in [0.25, 0.3) is 5.91 Å². The van der Waals surface area contributed by atoms with E-state index in [-0.39, 0.29) is 11.6 Å². The first-order valence-electron chi connectivity index (χ1n) is 9.49. The van der Waals surface area contributed by atoms with Gasteiger partial charge in [-0.1, -0.05) is 24.3 Å². The molecule has 0 saturated heterocycles. The van der Waals surface area contributed by atoms with Crippen molar-refractivity contribution in [3.63, 3.8) is 0 Å². The van der Waals surface area contributed by atoms with Crippen LogP contribution in [-0.4, -0.2) is 24.1 Å². The van der Waals surface area contributed by atoms with E-state index >= 15 is 0 Å². The minimum absolute atomic E-state index is 0.00966. The van der Waals surface area contributed by atoms with Crippen molar-refractivity contribution in [3.8, 4) is 11.4 Å². The maximum atomic E-state index is 13.4. The molecule has 0 radical (unpaired) electrons. The summed E-state index contributed by atoms with van der Waals surface area (Å²) < 4.78 is 47.0. The summed E-state index contributed by atoms with van der Waals surface area (Å²) in [6.07, 6.45) is -3.88. The molecule has 4 nitrogen and oxygen atoms in total. The molecule has 30 heavy (non-hydrogen) atoms. The third-order valence-corrected chi connectivity index (χ3v) is 4.96. The number of hydrogen-bond donors (Lipinski definition) is 1. The van der Waals surface area contributed by atoms with Crippen molar-refractivity contribution in [2.75, 3.05) is 13.7 Å². The highest BCUT2D eigenvalue weighted by molar-refractivity contribution is 5.96. The van der Waals surface area contributed by atoms with Crippen molar-refractivity contribution in [1.82, 2.24) is 9.88 Å². The molecule has 1 heterocycles. The van der Waals surface area contributed by atoms with Crippen LogP contribution in [0, 0.1) is 13.8 Å². The highest BCUT2D eigenvalue weighted by Gasteiger charge is 2.34. The van der Waals surface area contributed by atoms with E-state index in [2.05, 4.69) is 5.32 Å². The lowest BCUT2D eigenvalue weighted by Gasteiger charge is -2.16. The molecule has 0 aliphatic rings. The Balaban J connectivity index is 1.80. The van der Waals surface area contributed by atoms with E-state index in [1.165, 1.54) is 16.7 Å². The number of rotatable bonds is 6. The van der Waals surface area contributed by atoms with Gasteiger partial charge in [0.15, 0.2) is 0 Å². The van der Waals surface area contributed by atoms with Crippen LogP contribution < -0.4 is 10.1 Å². The lowest BCUT2D eigenvalue weighted by atomic mass is 10.1. The Bertz CT molecular complexity index is 1050. The van der Waals surface area contributed by atoms with Gasteiger partial charge < -0.3 is 14.6 Å². The van der Waals surface area contributed by atoms with E-state index < -0.39 is 11.7 Å². The Hall–Kier alpha value is -3.22.